The molecule has 0 spiro atoms. The summed E-state index contributed by atoms with van der Waals surface area (Å²) >= 11 is 1.65. The van der Waals surface area contributed by atoms with Crippen LogP contribution in [0.2, 0.25) is 0 Å². The first-order valence-corrected chi connectivity index (χ1v) is 12.8. The number of hydrogen-bond acceptors (Lipinski definition) is 6. The molecule has 0 aliphatic carbocycles. The third kappa shape index (κ3) is 4.88. The van der Waals surface area contributed by atoms with E-state index in [4.69, 9.17) is 9.47 Å². The van der Waals surface area contributed by atoms with Gasteiger partial charge in [-0.3, -0.25) is 4.79 Å². The molecule has 7 heteroatoms. The summed E-state index contributed by atoms with van der Waals surface area (Å²) in [5.74, 6) is 0.760. The van der Waals surface area contributed by atoms with Gasteiger partial charge in [0.25, 0.3) is 5.91 Å². The predicted octanol–water partition coefficient (Wildman–Crippen LogP) is 5.65. The second-order valence-corrected chi connectivity index (χ2v) is 10.7. The summed E-state index contributed by atoms with van der Waals surface area (Å²) in [5, 5.41) is 7.69. The summed E-state index contributed by atoms with van der Waals surface area (Å²) in [7, 11) is 3.74. The van der Waals surface area contributed by atoms with Crippen molar-refractivity contribution in [3.05, 3.63) is 63.4 Å². The Bertz CT molecular complexity index is 1190. The van der Waals surface area contributed by atoms with Crippen LogP contribution >= 0.6 is 11.3 Å². The minimum Gasteiger partial charge on any atom is -0.496 e. The average molecular weight is 494 g/mol. The van der Waals surface area contributed by atoms with Crippen LogP contribution in [0.3, 0.4) is 0 Å². The SMILES string of the molecule is C=C(C(=O)N1CCOCC1(C)C)C1=C(N(C)c2ccsc2)c2cc(C=C(C)C)c(OC)cc2NC1. The molecule has 2 aliphatic heterocycles. The van der Waals surface area contributed by atoms with Crippen molar-refractivity contribution in [1.82, 2.24) is 4.90 Å². The number of carbonyl (C=O) groups excluding carboxylic acids is 1. The van der Waals surface area contributed by atoms with Crippen LogP contribution in [0, 0.1) is 0 Å². The molecule has 1 aromatic carbocycles. The third-order valence-corrected chi connectivity index (χ3v) is 7.22. The molecule has 0 radical (unpaired) electrons. The van der Waals surface area contributed by atoms with Crippen LogP contribution in [0.4, 0.5) is 11.4 Å². The number of thiophene rings is 1. The van der Waals surface area contributed by atoms with Gasteiger partial charge in [0, 0.05) is 59.5 Å². The van der Waals surface area contributed by atoms with Gasteiger partial charge in [-0.2, -0.15) is 11.3 Å². The summed E-state index contributed by atoms with van der Waals surface area (Å²) < 4.78 is 11.3. The molecular formula is C28H35N3O3S. The summed E-state index contributed by atoms with van der Waals surface area (Å²) in [6, 6.07) is 6.27. The molecule has 0 atom stereocenters. The van der Waals surface area contributed by atoms with E-state index in [1.54, 1.807) is 18.4 Å². The van der Waals surface area contributed by atoms with E-state index in [2.05, 4.69) is 59.6 Å². The molecule has 0 unspecified atom stereocenters. The van der Waals surface area contributed by atoms with Crippen LogP contribution in [0.1, 0.15) is 38.8 Å². The number of fused-ring (bicyclic) bond motifs is 1. The molecule has 0 saturated carbocycles. The van der Waals surface area contributed by atoms with Crippen molar-refractivity contribution in [2.75, 3.05) is 50.7 Å². The Morgan fingerprint density at radius 2 is 2.11 bits per heavy atom. The fraction of sp³-hybridized carbons (Fsp3) is 0.393. The zero-order valence-electron chi connectivity index (χ0n) is 21.5. The normalized spacial score (nSPS) is 16.8. The molecule has 2 aromatic rings. The molecule has 1 amide bonds. The van der Waals surface area contributed by atoms with Crippen molar-refractivity contribution in [3.63, 3.8) is 0 Å². The lowest BCUT2D eigenvalue weighted by Crippen LogP contribution is -2.56. The zero-order chi connectivity index (χ0) is 25.3. The Morgan fingerprint density at radius 3 is 2.74 bits per heavy atom. The number of rotatable bonds is 6. The topological polar surface area (TPSA) is 54.0 Å². The van der Waals surface area contributed by atoms with Crippen LogP contribution in [-0.2, 0) is 9.53 Å². The summed E-state index contributed by atoms with van der Waals surface area (Å²) in [5.41, 5.74) is 7.23. The van der Waals surface area contributed by atoms with Gasteiger partial charge in [0.1, 0.15) is 5.75 Å². The van der Waals surface area contributed by atoms with Gasteiger partial charge in [0.2, 0.25) is 0 Å². The Morgan fingerprint density at radius 1 is 1.34 bits per heavy atom. The first-order valence-electron chi connectivity index (χ1n) is 11.8. The molecule has 0 bridgehead atoms. The van der Waals surface area contributed by atoms with Gasteiger partial charge in [-0.25, -0.2) is 0 Å². The maximum atomic E-state index is 13.8. The fourth-order valence-electron chi connectivity index (χ4n) is 4.71. The Labute approximate surface area is 212 Å². The predicted molar refractivity (Wildman–Crippen MR) is 146 cm³/mol. The highest BCUT2D eigenvalue weighted by Crippen LogP contribution is 2.42. The van der Waals surface area contributed by atoms with Crippen LogP contribution in [0.15, 0.2) is 52.3 Å². The van der Waals surface area contributed by atoms with E-state index in [0.29, 0.717) is 31.9 Å². The summed E-state index contributed by atoms with van der Waals surface area (Å²) in [6.45, 7) is 14.6. The molecule has 35 heavy (non-hydrogen) atoms. The average Bonchev–Trinajstić information content (AvgIpc) is 3.36. The number of benzene rings is 1. The Hall–Kier alpha value is -3.03. The number of carbonyl (C=O) groups is 1. The maximum Gasteiger partial charge on any atom is 0.254 e. The molecule has 1 aromatic heterocycles. The molecule has 1 saturated heterocycles. The lowest BCUT2D eigenvalue weighted by atomic mass is 9.91. The maximum absolute atomic E-state index is 13.8. The highest BCUT2D eigenvalue weighted by Gasteiger charge is 2.37. The van der Waals surface area contributed by atoms with E-state index in [0.717, 1.165) is 39.5 Å². The summed E-state index contributed by atoms with van der Waals surface area (Å²) in [6.07, 6.45) is 2.12. The summed E-state index contributed by atoms with van der Waals surface area (Å²) in [4.78, 5) is 17.8. The highest BCUT2D eigenvalue weighted by molar-refractivity contribution is 7.08. The molecule has 1 N–H and O–H groups in total. The largest absolute Gasteiger partial charge is 0.496 e. The molecule has 186 valence electrons. The highest BCUT2D eigenvalue weighted by atomic mass is 32.1. The number of allylic oxidation sites excluding steroid dienone is 1. The fourth-order valence-corrected chi connectivity index (χ4v) is 5.38. The van der Waals surface area contributed by atoms with Crippen molar-refractivity contribution >= 4 is 40.4 Å². The molecule has 1 fully saturated rings. The van der Waals surface area contributed by atoms with Gasteiger partial charge >= 0.3 is 0 Å². The number of nitrogens with one attached hydrogen (secondary N) is 1. The number of methoxy groups -OCH3 is 1. The smallest absolute Gasteiger partial charge is 0.254 e. The first kappa shape index (κ1) is 25.1. The minimum atomic E-state index is -0.387. The Balaban J connectivity index is 1.87. The van der Waals surface area contributed by atoms with E-state index in [-0.39, 0.29) is 11.4 Å². The molecule has 4 rings (SSSR count). The van der Waals surface area contributed by atoms with Crippen LogP contribution < -0.4 is 15.0 Å². The van der Waals surface area contributed by atoms with Crippen molar-refractivity contribution in [3.8, 4) is 5.75 Å². The number of nitrogens with zero attached hydrogens (tertiary/aromatic N) is 2. The van der Waals surface area contributed by atoms with Crippen molar-refractivity contribution in [2.45, 2.75) is 33.2 Å². The van der Waals surface area contributed by atoms with Crippen LogP contribution in [-0.4, -0.2) is 56.8 Å². The van der Waals surface area contributed by atoms with Gasteiger partial charge in [0.05, 0.1) is 37.2 Å². The lowest BCUT2D eigenvalue weighted by Gasteiger charge is -2.43. The van der Waals surface area contributed by atoms with Gasteiger partial charge < -0.3 is 24.6 Å². The molecule has 6 nitrogen and oxygen atoms in total. The molecular weight excluding hydrogens is 458 g/mol. The van der Waals surface area contributed by atoms with E-state index in [9.17, 15) is 4.79 Å². The van der Waals surface area contributed by atoms with Gasteiger partial charge in [0.15, 0.2) is 0 Å². The van der Waals surface area contributed by atoms with Crippen LogP contribution in [0.5, 0.6) is 5.75 Å². The van der Waals surface area contributed by atoms with Gasteiger partial charge in [-0.15, -0.1) is 0 Å². The second kappa shape index (κ2) is 9.91. The monoisotopic (exact) mass is 493 g/mol. The number of ether oxygens (including phenoxy) is 2. The van der Waals surface area contributed by atoms with Crippen molar-refractivity contribution in [2.24, 2.45) is 0 Å². The first-order chi connectivity index (χ1) is 16.6. The number of morpholine rings is 1. The molecule has 2 aliphatic rings. The van der Waals surface area contributed by atoms with E-state index in [1.165, 1.54) is 5.57 Å². The van der Waals surface area contributed by atoms with E-state index < -0.39 is 0 Å². The van der Waals surface area contributed by atoms with Crippen molar-refractivity contribution < 1.29 is 14.3 Å². The lowest BCUT2D eigenvalue weighted by molar-refractivity contribution is -0.141. The molecule has 3 heterocycles. The number of amides is 1. The van der Waals surface area contributed by atoms with Gasteiger partial charge in [-0.05, 0) is 45.2 Å². The van der Waals surface area contributed by atoms with E-state index >= 15 is 0 Å². The van der Waals surface area contributed by atoms with Gasteiger partial charge in [-0.1, -0.05) is 18.2 Å². The number of hydrogen-bond donors (Lipinski definition) is 1. The second-order valence-electron chi connectivity index (χ2n) is 9.88. The standard InChI is InChI=1S/C28H35N3O3S/c1-18(2)12-20-13-22-24(14-25(20)33-7)29-15-23(26(22)30(6)21-8-11-35-16-21)19(3)27(32)31-9-10-34-17-28(31,4)5/h8,11-14,16,29H,3,9-10,15,17H2,1-2,4-7H3. The van der Waals surface area contributed by atoms with Crippen LogP contribution in [0.25, 0.3) is 11.8 Å². The Kier molecular flexibility index (Phi) is 7.10. The van der Waals surface area contributed by atoms with E-state index in [1.807, 2.05) is 31.9 Å². The minimum absolute atomic E-state index is 0.0483. The third-order valence-electron chi connectivity index (χ3n) is 6.55. The zero-order valence-corrected chi connectivity index (χ0v) is 22.3. The number of anilines is 2. The quantitative estimate of drug-likeness (QED) is 0.528. The van der Waals surface area contributed by atoms with Crippen molar-refractivity contribution in [1.29, 1.82) is 0 Å².